The zero-order valence-corrected chi connectivity index (χ0v) is 13.8. The molecule has 1 aliphatic heterocycles. The van der Waals surface area contributed by atoms with Gasteiger partial charge in [-0.3, -0.25) is 0 Å². The largest absolute Gasteiger partial charge is 0.497 e. The molecule has 2 fully saturated rings. The minimum absolute atomic E-state index is 0.0965. The van der Waals surface area contributed by atoms with Crippen molar-refractivity contribution in [1.29, 1.82) is 0 Å². The Morgan fingerprint density at radius 3 is 2.76 bits per heavy atom. The van der Waals surface area contributed by atoms with Crippen LogP contribution in [0, 0.1) is 0 Å². The maximum atomic E-state index is 6.71. The Morgan fingerprint density at radius 2 is 2.05 bits per heavy atom. The summed E-state index contributed by atoms with van der Waals surface area (Å²) in [6, 6.07) is 6.53. The number of alkyl halides is 1. The third kappa shape index (κ3) is 2.31. The molecule has 1 aliphatic carbocycles. The predicted molar refractivity (Wildman–Crippen MR) is 85.8 cm³/mol. The summed E-state index contributed by atoms with van der Waals surface area (Å²) in [5.41, 5.74) is 1.36. The molecule has 116 valence electrons. The van der Waals surface area contributed by atoms with Gasteiger partial charge >= 0.3 is 0 Å². The number of hydrogen-bond acceptors (Lipinski definition) is 3. The van der Waals surface area contributed by atoms with Gasteiger partial charge in [-0.1, -0.05) is 6.42 Å². The number of ether oxygens (including phenoxy) is 2. The SMILES string of the molecule is COc1ccc(OC)c(C23CCCC(Cl)C2N(C)CC3)c1. The molecule has 1 aromatic carbocycles. The highest BCUT2D eigenvalue weighted by atomic mass is 35.5. The normalized spacial score (nSPS) is 32.8. The number of methoxy groups -OCH3 is 2. The van der Waals surface area contributed by atoms with Gasteiger partial charge in [0.15, 0.2) is 0 Å². The second-order valence-electron chi connectivity index (χ2n) is 6.31. The molecule has 0 aromatic heterocycles. The number of nitrogens with zero attached hydrogens (tertiary/aromatic N) is 1. The van der Waals surface area contributed by atoms with Crippen LogP contribution in [0.25, 0.3) is 0 Å². The van der Waals surface area contributed by atoms with Crippen LogP contribution in [-0.4, -0.2) is 44.1 Å². The van der Waals surface area contributed by atoms with Crippen molar-refractivity contribution in [1.82, 2.24) is 4.90 Å². The van der Waals surface area contributed by atoms with E-state index in [1.807, 2.05) is 12.1 Å². The van der Waals surface area contributed by atoms with Crippen molar-refractivity contribution >= 4 is 11.6 Å². The molecule has 1 aromatic rings. The van der Waals surface area contributed by atoms with E-state index in [-0.39, 0.29) is 10.8 Å². The first-order valence-corrected chi connectivity index (χ1v) is 8.13. The second kappa shape index (κ2) is 5.69. The number of halogens is 1. The van der Waals surface area contributed by atoms with E-state index in [4.69, 9.17) is 21.1 Å². The highest BCUT2D eigenvalue weighted by molar-refractivity contribution is 6.21. The summed E-state index contributed by atoms with van der Waals surface area (Å²) in [6.45, 7) is 1.09. The van der Waals surface area contributed by atoms with Crippen LogP contribution in [0.15, 0.2) is 18.2 Å². The lowest BCUT2D eigenvalue weighted by Gasteiger charge is -2.44. The maximum Gasteiger partial charge on any atom is 0.122 e. The first kappa shape index (κ1) is 15.0. The molecule has 3 rings (SSSR count). The smallest absolute Gasteiger partial charge is 0.122 e. The van der Waals surface area contributed by atoms with E-state index in [0.717, 1.165) is 30.9 Å². The van der Waals surface area contributed by atoms with Crippen LogP contribution in [-0.2, 0) is 5.41 Å². The summed E-state index contributed by atoms with van der Waals surface area (Å²) in [6.07, 6.45) is 4.60. The molecule has 0 bridgehead atoms. The van der Waals surface area contributed by atoms with E-state index < -0.39 is 0 Å². The molecule has 0 spiro atoms. The molecule has 0 radical (unpaired) electrons. The molecule has 3 nitrogen and oxygen atoms in total. The van der Waals surface area contributed by atoms with Crippen molar-refractivity contribution in [2.24, 2.45) is 0 Å². The Bertz CT molecular complexity index is 518. The Balaban J connectivity index is 2.12. The van der Waals surface area contributed by atoms with Gasteiger partial charge in [0.1, 0.15) is 11.5 Å². The van der Waals surface area contributed by atoms with Crippen molar-refractivity contribution in [3.63, 3.8) is 0 Å². The van der Waals surface area contributed by atoms with Crippen molar-refractivity contribution < 1.29 is 9.47 Å². The van der Waals surface area contributed by atoms with Gasteiger partial charge in [-0.2, -0.15) is 0 Å². The molecule has 1 saturated heterocycles. The Kier molecular flexibility index (Phi) is 4.06. The highest BCUT2D eigenvalue weighted by Gasteiger charge is 2.53. The summed E-state index contributed by atoms with van der Waals surface area (Å²) in [4.78, 5) is 2.43. The molecule has 2 aliphatic rings. The van der Waals surface area contributed by atoms with Crippen LogP contribution < -0.4 is 9.47 Å². The number of fused-ring (bicyclic) bond motifs is 1. The molecule has 1 saturated carbocycles. The second-order valence-corrected chi connectivity index (χ2v) is 6.87. The van der Waals surface area contributed by atoms with Gasteiger partial charge in [0.2, 0.25) is 0 Å². The first-order valence-electron chi connectivity index (χ1n) is 7.69. The number of rotatable bonds is 3. The van der Waals surface area contributed by atoms with Gasteiger partial charge in [0, 0.05) is 22.4 Å². The van der Waals surface area contributed by atoms with Gasteiger partial charge in [-0.05, 0) is 51.1 Å². The first-order chi connectivity index (χ1) is 10.1. The minimum atomic E-state index is 0.0965. The fourth-order valence-electron chi connectivity index (χ4n) is 4.38. The van der Waals surface area contributed by atoms with E-state index in [1.54, 1.807) is 14.2 Å². The lowest BCUT2D eigenvalue weighted by Crippen LogP contribution is -2.50. The van der Waals surface area contributed by atoms with Crippen molar-refractivity contribution in [3.8, 4) is 11.5 Å². The van der Waals surface area contributed by atoms with Crippen LogP contribution in [0.5, 0.6) is 11.5 Å². The number of likely N-dealkylation sites (tertiary alicyclic amines) is 1. The third-order valence-corrected chi connectivity index (χ3v) is 5.80. The van der Waals surface area contributed by atoms with E-state index in [2.05, 4.69) is 18.0 Å². The van der Waals surface area contributed by atoms with E-state index in [9.17, 15) is 0 Å². The van der Waals surface area contributed by atoms with Crippen LogP contribution in [0.1, 0.15) is 31.2 Å². The van der Waals surface area contributed by atoms with Gasteiger partial charge in [-0.25, -0.2) is 0 Å². The molecular formula is C17H24ClNO2. The van der Waals surface area contributed by atoms with Gasteiger partial charge < -0.3 is 14.4 Å². The average molecular weight is 310 g/mol. The molecule has 3 unspecified atom stereocenters. The van der Waals surface area contributed by atoms with Crippen LogP contribution >= 0.6 is 11.6 Å². The van der Waals surface area contributed by atoms with Crippen molar-refractivity contribution in [2.45, 2.75) is 42.5 Å². The van der Waals surface area contributed by atoms with Crippen LogP contribution in [0.3, 0.4) is 0 Å². The maximum absolute atomic E-state index is 6.71. The predicted octanol–water partition coefficient (Wildman–Crippen LogP) is 3.44. The number of benzene rings is 1. The lowest BCUT2D eigenvalue weighted by atomic mass is 9.65. The van der Waals surface area contributed by atoms with E-state index >= 15 is 0 Å². The van der Waals surface area contributed by atoms with Crippen molar-refractivity contribution in [2.75, 3.05) is 27.8 Å². The van der Waals surface area contributed by atoms with Crippen molar-refractivity contribution in [3.05, 3.63) is 23.8 Å². The zero-order valence-electron chi connectivity index (χ0n) is 13.1. The van der Waals surface area contributed by atoms with Gasteiger partial charge in [0.25, 0.3) is 0 Å². The minimum Gasteiger partial charge on any atom is -0.497 e. The molecule has 1 heterocycles. The van der Waals surface area contributed by atoms with E-state index in [0.29, 0.717) is 6.04 Å². The molecule has 0 amide bonds. The lowest BCUT2D eigenvalue weighted by molar-refractivity contribution is 0.183. The molecule has 4 heteroatoms. The Morgan fingerprint density at radius 1 is 1.24 bits per heavy atom. The highest BCUT2D eigenvalue weighted by Crippen LogP contribution is 2.52. The molecule has 0 N–H and O–H groups in total. The summed E-state index contributed by atoms with van der Waals surface area (Å²) in [5.74, 6) is 1.85. The fourth-order valence-corrected chi connectivity index (χ4v) is 4.97. The van der Waals surface area contributed by atoms with Gasteiger partial charge in [0.05, 0.1) is 14.2 Å². The van der Waals surface area contributed by atoms with Gasteiger partial charge in [-0.15, -0.1) is 11.6 Å². The standard InChI is InChI=1S/C17H24ClNO2/c1-19-10-9-17(8-4-5-14(18)16(17)19)13-11-12(20-2)6-7-15(13)21-3/h6-7,11,14,16H,4-5,8-10H2,1-3H3. The summed E-state index contributed by atoms with van der Waals surface area (Å²) < 4.78 is 11.1. The van der Waals surface area contributed by atoms with Crippen LogP contribution in [0.2, 0.25) is 0 Å². The average Bonchev–Trinajstić information content (AvgIpc) is 2.86. The van der Waals surface area contributed by atoms with E-state index in [1.165, 1.54) is 18.4 Å². The van der Waals surface area contributed by atoms with Crippen LogP contribution in [0.4, 0.5) is 0 Å². The third-order valence-electron chi connectivity index (χ3n) is 5.34. The molecule has 21 heavy (non-hydrogen) atoms. The number of likely N-dealkylation sites (N-methyl/N-ethyl adjacent to an activating group) is 1. The number of hydrogen-bond donors (Lipinski definition) is 0. The summed E-state index contributed by atoms with van der Waals surface area (Å²) in [7, 11) is 5.66. The Hall–Kier alpha value is -0.930. The summed E-state index contributed by atoms with van der Waals surface area (Å²) >= 11 is 6.71. The summed E-state index contributed by atoms with van der Waals surface area (Å²) in [5, 5.41) is 0.210. The molecular weight excluding hydrogens is 286 g/mol. The topological polar surface area (TPSA) is 21.7 Å². The molecule has 3 atom stereocenters. The monoisotopic (exact) mass is 309 g/mol. The quantitative estimate of drug-likeness (QED) is 0.798. The zero-order chi connectivity index (χ0) is 15.0. The fraction of sp³-hybridized carbons (Fsp3) is 0.647. The Labute approximate surface area is 132 Å².